The van der Waals surface area contributed by atoms with E-state index in [-0.39, 0.29) is 29.7 Å². The largest absolute Gasteiger partial charge is 0.486 e. The Morgan fingerprint density at radius 2 is 1.75 bits per heavy atom. The predicted molar refractivity (Wildman–Crippen MR) is 86.5 cm³/mol. The van der Waals surface area contributed by atoms with Crippen LogP contribution in [0.15, 0.2) is 48.5 Å². The summed E-state index contributed by atoms with van der Waals surface area (Å²) in [5, 5.41) is 2.77. The van der Waals surface area contributed by atoms with E-state index in [0.717, 1.165) is 0 Å². The summed E-state index contributed by atoms with van der Waals surface area (Å²) in [4.78, 5) is 24.1. The monoisotopic (exact) mass is 327 g/mol. The molecule has 1 atom stereocenters. The molecular weight excluding hydrogens is 310 g/mol. The van der Waals surface area contributed by atoms with Gasteiger partial charge in [-0.3, -0.25) is 4.79 Å². The quantitative estimate of drug-likeness (QED) is 0.870. The molecule has 124 valence electrons. The number of para-hydroxylation sites is 2. The van der Waals surface area contributed by atoms with Crippen molar-refractivity contribution in [3.8, 4) is 11.5 Å². The van der Waals surface area contributed by atoms with Crippen LogP contribution >= 0.6 is 0 Å². The zero-order valence-electron chi connectivity index (χ0n) is 13.2. The molecule has 2 aromatic rings. The van der Waals surface area contributed by atoms with Crippen molar-refractivity contribution in [2.24, 2.45) is 0 Å². The molecule has 2 aromatic carbocycles. The lowest BCUT2D eigenvalue weighted by molar-refractivity contribution is 0.0595. The highest BCUT2D eigenvalue weighted by atomic mass is 16.6. The number of fused-ring (bicyclic) bond motifs is 1. The maximum atomic E-state index is 12.4. The maximum absolute atomic E-state index is 12.4. The molecular formula is C18H17NO5. The van der Waals surface area contributed by atoms with E-state index in [1.54, 1.807) is 24.3 Å². The molecule has 0 aliphatic carbocycles. The van der Waals surface area contributed by atoms with E-state index >= 15 is 0 Å². The third-order valence-corrected chi connectivity index (χ3v) is 3.63. The molecule has 1 aliphatic rings. The van der Waals surface area contributed by atoms with Gasteiger partial charge >= 0.3 is 5.97 Å². The van der Waals surface area contributed by atoms with Crippen molar-refractivity contribution in [1.82, 2.24) is 5.32 Å². The van der Waals surface area contributed by atoms with Gasteiger partial charge in [0.2, 0.25) is 0 Å². The molecule has 1 N–H and O–H groups in total. The van der Waals surface area contributed by atoms with E-state index < -0.39 is 5.97 Å². The number of hydrogen-bond donors (Lipinski definition) is 1. The molecule has 3 rings (SSSR count). The lowest BCUT2D eigenvalue weighted by Gasteiger charge is -2.26. The van der Waals surface area contributed by atoms with Crippen molar-refractivity contribution >= 4 is 11.9 Å². The van der Waals surface area contributed by atoms with Gasteiger partial charge in [-0.2, -0.15) is 0 Å². The number of carbonyl (C=O) groups is 2. The summed E-state index contributed by atoms with van der Waals surface area (Å²) >= 11 is 0. The predicted octanol–water partition coefficient (Wildman–Crippen LogP) is 2.04. The Bertz CT molecular complexity index is 759. The minimum atomic E-state index is -0.549. The molecule has 0 fully saturated rings. The van der Waals surface area contributed by atoms with Gasteiger partial charge in [0.05, 0.1) is 24.8 Å². The zero-order valence-corrected chi connectivity index (χ0v) is 13.2. The first-order valence-corrected chi connectivity index (χ1v) is 7.53. The van der Waals surface area contributed by atoms with Gasteiger partial charge in [0.1, 0.15) is 12.7 Å². The lowest BCUT2D eigenvalue weighted by atomic mass is 10.1. The summed E-state index contributed by atoms with van der Waals surface area (Å²) in [6.07, 6.45) is -0.297. The Morgan fingerprint density at radius 1 is 1.08 bits per heavy atom. The second-order valence-corrected chi connectivity index (χ2v) is 5.24. The van der Waals surface area contributed by atoms with Crippen LogP contribution in [0.1, 0.15) is 20.7 Å². The fraction of sp³-hybridized carbons (Fsp3) is 0.222. The van der Waals surface area contributed by atoms with E-state index in [4.69, 9.17) is 14.2 Å². The smallest absolute Gasteiger partial charge is 0.338 e. The number of benzene rings is 2. The number of amides is 1. The van der Waals surface area contributed by atoms with Gasteiger partial charge in [-0.1, -0.05) is 24.3 Å². The molecule has 1 heterocycles. The number of carbonyl (C=O) groups excluding carboxylic acids is 2. The van der Waals surface area contributed by atoms with Gasteiger partial charge in [0.25, 0.3) is 5.91 Å². The highest BCUT2D eigenvalue weighted by Gasteiger charge is 2.22. The second-order valence-electron chi connectivity index (χ2n) is 5.24. The number of rotatable bonds is 4. The highest BCUT2D eigenvalue weighted by Crippen LogP contribution is 2.30. The van der Waals surface area contributed by atoms with E-state index in [1.165, 1.54) is 7.11 Å². The SMILES string of the molecule is COC(=O)c1ccccc1C(=O)NCC1COc2ccccc2O1. The highest BCUT2D eigenvalue weighted by molar-refractivity contribution is 6.05. The number of nitrogens with one attached hydrogen (secondary N) is 1. The van der Waals surface area contributed by atoms with Crippen molar-refractivity contribution < 1.29 is 23.8 Å². The summed E-state index contributed by atoms with van der Waals surface area (Å²) in [6, 6.07) is 13.9. The van der Waals surface area contributed by atoms with Crippen molar-refractivity contribution in [3.05, 3.63) is 59.7 Å². The second kappa shape index (κ2) is 7.04. The molecule has 0 radical (unpaired) electrons. The molecule has 0 spiro atoms. The first-order chi connectivity index (χ1) is 11.7. The molecule has 1 unspecified atom stereocenters. The maximum Gasteiger partial charge on any atom is 0.338 e. The van der Waals surface area contributed by atoms with E-state index in [9.17, 15) is 9.59 Å². The zero-order chi connectivity index (χ0) is 16.9. The number of esters is 1. The van der Waals surface area contributed by atoms with Crippen molar-refractivity contribution in [3.63, 3.8) is 0 Å². The van der Waals surface area contributed by atoms with Crippen LogP contribution in [-0.2, 0) is 4.74 Å². The van der Waals surface area contributed by atoms with Crippen LogP contribution in [0.3, 0.4) is 0 Å². The summed E-state index contributed by atoms with van der Waals surface area (Å²) < 4.78 is 16.1. The molecule has 24 heavy (non-hydrogen) atoms. The fourth-order valence-corrected chi connectivity index (χ4v) is 2.43. The van der Waals surface area contributed by atoms with Crippen LogP contribution < -0.4 is 14.8 Å². The van der Waals surface area contributed by atoms with Crippen LogP contribution in [0.2, 0.25) is 0 Å². The summed E-state index contributed by atoms with van der Waals surface area (Å²) in [5.74, 6) is 0.430. The topological polar surface area (TPSA) is 73.9 Å². The molecule has 0 bridgehead atoms. The normalized spacial score (nSPS) is 15.5. The minimum Gasteiger partial charge on any atom is -0.486 e. The Kier molecular flexibility index (Phi) is 4.65. The average Bonchev–Trinajstić information content (AvgIpc) is 2.65. The van der Waals surface area contributed by atoms with Gasteiger partial charge in [0, 0.05) is 0 Å². The molecule has 1 aliphatic heterocycles. The van der Waals surface area contributed by atoms with Crippen molar-refractivity contribution in [2.45, 2.75) is 6.10 Å². The third kappa shape index (κ3) is 3.32. The molecule has 1 amide bonds. The first-order valence-electron chi connectivity index (χ1n) is 7.53. The molecule has 6 nitrogen and oxygen atoms in total. The van der Waals surface area contributed by atoms with Crippen molar-refractivity contribution in [1.29, 1.82) is 0 Å². The fourth-order valence-electron chi connectivity index (χ4n) is 2.43. The summed E-state index contributed by atoms with van der Waals surface area (Å²) in [7, 11) is 1.28. The van der Waals surface area contributed by atoms with Crippen LogP contribution in [0.25, 0.3) is 0 Å². The van der Waals surface area contributed by atoms with Crippen LogP contribution in [0.4, 0.5) is 0 Å². The van der Waals surface area contributed by atoms with E-state index in [1.807, 2.05) is 24.3 Å². The van der Waals surface area contributed by atoms with Gasteiger partial charge in [0.15, 0.2) is 11.5 Å². The molecule has 0 saturated carbocycles. The Balaban J connectivity index is 1.64. The third-order valence-electron chi connectivity index (χ3n) is 3.63. The number of hydrogen-bond acceptors (Lipinski definition) is 5. The Labute approximate surface area is 139 Å². The molecule has 0 saturated heterocycles. The molecule has 6 heteroatoms. The van der Waals surface area contributed by atoms with E-state index in [0.29, 0.717) is 18.1 Å². The van der Waals surface area contributed by atoms with Crippen LogP contribution in [-0.4, -0.2) is 38.2 Å². The van der Waals surface area contributed by atoms with Crippen LogP contribution in [0, 0.1) is 0 Å². The van der Waals surface area contributed by atoms with Gasteiger partial charge in [-0.25, -0.2) is 4.79 Å². The first kappa shape index (κ1) is 15.9. The van der Waals surface area contributed by atoms with E-state index in [2.05, 4.69) is 5.32 Å². The Morgan fingerprint density at radius 3 is 2.50 bits per heavy atom. The standard InChI is InChI=1S/C18H17NO5/c1-22-18(21)14-7-3-2-6-13(14)17(20)19-10-12-11-23-15-8-4-5-9-16(15)24-12/h2-9,12H,10-11H2,1H3,(H,19,20). The van der Waals surface area contributed by atoms with Gasteiger partial charge in [-0.15, -0.1) is 0 Å². The van der Waals surface area contributed by atoms with Gasteiger partial charge < -0.3 is 19.5 Å². The van der Waals surface area contributed by atoms with Crippen LogP contribution in [0.5, 0.6) is 11.5 Å². The molecule has 0 aromatic heterocycles. The lowest BCUT2D eigenvalue weighted by Crippen LogP contribution is -2.41. The number of ether oxygens (including phenoxy) is 3. The van der Waals surface area contributed by atoms with Gasteiger partial charge in [-0.05, 0) is 24.3 Å². The number of methoxy groups -OCH3 is 1. The summed E-state index contributed by atoms with van der Waals surface area (Å²) in [5.41, 5.74) is 0.491. The average molecular weight is 327 g/mol. The minimum absolute atomic E-state index is 0.226. The van der Waals surface area contributed by atoms with Crippen molar-refractivity contribution in [2.75, 3.05) is 20.3 Å². The Hall–Kier alpha value is -3.02. The summed E-state index contributed by atoms with van der Waals surface area (Å²) in [6.45, 7) is 0.610.